The second kappa shape index (κ2) is 4.61. The molecule has 0 fully saturated rings. The maximum absolute atomic E-state index is 5.66. The average Bonchev–Trinajstić information content (AvgIpc) is 2.90. The molecule has 0 aliphatic rings. The number of anilines is 1. The molecule has 2 N–H and O–H groups in total. The molecule has 0 atom stereocenters. The summed E-state index contributed by atoms with van der Waals surface area (Å²) >= 11 is 0. The fourth-order valence-corrected chi connectivity index (χ4v) is 1.89. The van der Waals surface area contributed by atoms with Crippen molar-refractivity contribution in [3.63, 3.8) is 0 Å². The monoisotopic (exact) mass is 250 g/mol. The van der Waals surface area contributed by atoms with Gasteiger partial charge in [-0.3, -0.25) is 0 Å². The highest BCUT2D eigenvalue weighted by atomic mass is 16.3. The first kappa shape index (κ1) is 11.5. The maximum atomic E-state index is 5.66. The Kier molecular flexibility index (Phi) is 2.80. The molecule has 19 heavy (non-hydrogen) atoms. The number of benzene rings is 2. The molecule has 0 saturated heterocycles. The molecule has 0 spiro atoms. The molecule has 3 nitrogen and oxygen atoms in total. The van der Waals surface area contributed by atoms with Crippen LogP contribution in [0, 0.1) is 6.92 Å². The van der Waals surface area contributed by atoms with Gasteiger partial charge in [0.1, 0.15) is 12.0 Å². The standard InChI is InChI=1S/C16H14N2O/c1-11-2-4-12(5-3-11)15-10-19-16(18-15)13-6-8-14(17)9-7-13/h2-10H,17H2,1H3. The summed E-state index contributed by atoms with van der Waals surface area (Å²) in [6.07, 6.45) is 1.68. The highest BCUT2D eigenvalue weighted by molar-refractivity contribution is 5.64. The van der Waals surface area contributed by atoms with Gasteiger partial charge in [-0.25, -0.2) is 4.98 Å². The van der Waals surface area contributed by atoms with Crippen LogP contribution >= 0.6 is 0 Å². The summed E-state index contributed by atoms with van der Waals surface area (Å²) in [5.41, 5.74) is 10.4. The minimum Gasteiger partial charge on any atom is -0.444 e. The summed E-state index contributed by atoms with van der Waals surface area (Å²) in [5, 5.41) is 0. The van der Waals surface area contributed by atoms with Crippen LogP contribution in [0.2, 0.25) is 0 Å². The van der Waals surface area contributed by atoms with E-state index >= 15 is 0 Å². The lowest BCUT2D eigenvalue weighted by Gasteiger charge is -1.97. The predicted octanol–water partition coefficient (Wildman–Crippen LogP) is 3.90. The molecular formula is C16H14N2O. The number of rotatable bonds is 2. The summed E-state index contributed by atoms with van der Waals surface area (Å²) in [7, 11) is 0. The average molecular weight is 250 g/mol. The number of oxazole rings is 1. The molecule has 3 rings (SSSR count). The van der Waals surface area contributed by atoms with E-state index in [1.165, 1.54) is 5.56 Å². The zero-order valence-electron chi connectivity index (χ0n) is 10.6. The van der Waals surface area contributed by atoms with Crippen LogP contribution in [0.15, 0.2) is 59.2 Å². The Morgan fingerprint density at radius 1 is 0.895 bits per heavy atom. The van der Waals surface area contributed by atoms with Gasteiger partial charge < -0.3 is 10.2 Å². The lowest BCUT2D eigenvalue weighted by molar-refractivity contribution is 0.575. The number of hydrogen-bond acceptors (Lipinski definition) is 3. The van der Waals surface area contributed by atoms with E-state index < -0.39 is 0 Å². The second-order valence-electron chi connectivity index (χ2n) is 4.53. The fourth-order valence-electron chi connectivity index (χ4n) is 1.89. The Labute approximate surface area is 111 Å². The van der Waals surface area contributed by atoms with Gasteiger partial charge in [0.2, 0.25) is 5.89 Å². The number of nitrogen functional groups attached to an aromatic ring is 1. The molecule has 2 aromatic carbocycles. The van der Waals surface area contributed by atoms with E-state index in [1.54, 1.807) is 6.26 Å². The van der Waals surface area contributed by atoms with Crippen LogP contribution in [0.5, 0.6) is 0 Å². The van der Waals surface area contributed by atoms with Gasteiger partial charge in [-0.1, -0.05) is 29.8 Å². The van der Waals surface area contributed by atoms with Gasteiger partial charge in [-0.05, 0) is 31.2 Å². The fraction of sp³-hybridized carbons (Fsp3) is 0.0625. The highest BCUT2D eigenvalue weighted by Crippen LogP contribution is 2.25. The van der Waals surface area contributed by atoms with Crippen molar-refractivity contribution in [2.45, 2.75) is 6.92 Å². The molecular weight excluding hydrogens is 236 g/mol. The normalized spacial score (nSPS) is 10.6. The molecule has 0 amide bonds. The van der Waals surface area contributed by atoms with Crippen molar-refractivity contribution in [1.82, 2.24) is 4.98 Å². The Bertz CT molecular complexity index is 622. The summed E-state index contributed by atoms with van der Waals surface area (Å²) < 4.78 is 5.52. The second-order valence-corrected chi connectivity index (χ2v) is 4.53. The number of hydrogen-bond donors (Lipinski definition) is 1. The molecule has 1 heterocycles. The zero-order valence-corrected chi connectivity index (χ0v) is 10.6. The molecule has 0 unspecified atom stereocenters. The van der Waals surface area contributed by atoms with E-state index in [4.69, 9.17) is 10.2 Å². The lowest BCUT2D eigenvalue weighted by Crippen LogP contribution is -1.84. The van der Waals surface area contributed by atoms with E-state index in [0.717, 1.165) is 22.5 Å². The van der Waals surface area contributed by atoms with Gasteiger partial charge in [0.25, 0.3) is 0 Å². The van der Waals surface area contributed by atoms with Gasteiger partial charge in [0.05, 0.1) is 0 Å². The Morgan fingerprint density at radius 3 is 2.21 bits per heavy atom. The third kappa shape index (κ3) is 2.36. The Morgan fingerprint density at radius 2 is 1.53 bits per heavy atom. The van der Waals surface area contributed by atoms with Crippen LogP contribution in [0.1, 0.15) is 5.56 Å². The van der Waals surface area contributed by atoms with Gasteiger partial charge in [-0.15, -0.1) is 0 Å². The van der Waals surface area contributed by atoms with E-state index in [0.29, 0.717) is 5.89 Å². The highest BCUT2D eigenvalue weighted by Gasteiger charge is 2.07. The zero-order chi connectivity index (χ0) is 13.2. The van der Waals surface area contributed by atoms with E-state index in [1.807, 2.05) is 36.4 Å². The molecule has 0 saturated carbocycles. The molecule has 94 valence electrons. The van der Waals surface area contributed by atoms with Gasteiger partial charge in [-0.2, -0.15) is 0 Å². The molecule has 0 bridgehead atoms. The summed E-state index contributed by atoms with van der Waals surface area (Å²) in [6.45, 7) is 2.06. The third-order valence-electron chi connectivity index (χ3n) is 3.01. The van der Waals surface area contributed by atoms with E-state index in [9.17, 15) is 0 Å². The smallest absolute Gasteiger partial charge is 0.226 e. The predicted molar refractivity (Wildman–Crippen MR) is 76.5 cm³/mol. The van der Waals surface area contributed by atoms with Crippen molar-refractivity contribution >= 4 is 5.69 Å². The number of nitrogens with two attached hydrogens (primary N) is 1. The topological polar surface area (TPSA) is 52.0 Å². The van der Waals surface area contributed by atoms with Crippen molar-refractivity contribution in [3.05, 3.63) is 60.4 Å². The van der Waals surface area contributed by atoms with Crippen LogP contribution in [-0.2, 0) is 0 Å². The first-order valence-corrected chi connectivity index (χ1v) is 6.11. The van der Waals surface area contributed by atoms with Gasteiger partial charge in [0, 0.05) is 16.8 Å². The summed E-state index contributed by atoms with van der Waals surface area (Å²) in [6, 6.07) is 15.7. The largest absolute Gasteiger partial charge is 0.444 e. The Balaban J connectivity index is 1.95. The molecule has 0 radical (unpaired) electrons. The van der Waals surface area contributed by atoms with Crippen molar-refractivity contribution in [3.8, 4) is 22.7 Å². The third-order valence-corrected chi connectivity index (χ3v) is 3.01. The van der Waals surface area contributed by atoms with Crippen molar-refractivity contribution in [2.75, 3.05) is 5.73 Å². The van der Waals surface area contributed by atoms with Gasteiger partial charge in [0.15, 0.2) is 0 Å². The number of nitrogens with zero attached hydrogens (tertiary/aromatic N) is 1. The number of aryl methyl sites for hydroxylation is 1. The Hall–Kier alpha value is -2.55. The molecule has 3 heteroatoms. The molecule has 1 aromatic heterocycles. The van der Waals surface area contributed by atoms with Crippen LogP contribution in [0.3, 0.4) is 0 Å². The van der Waals surface area contributed by atoms with Crippen LogP contribution in [0.4, 0.5) is 5.69 Å². The van der Waals surface area contributed by atoms with Crippen LogP contribution in [-0.4, -0.2) is 4.98 Å². The number of aromatic nitrogens is 1. The van der Waals surface area contributed by atoms with Crippen LogP contribution in [0.25, 0.3) is 22.7 Å². The van der Waals surface area contributed by atoms with Gasteiger partial charge >= 0.3 is 0 Å². The molecule has 0 aliphatic heterocycles. The maximum Gasteiger partial charge on any atom is 0.226 e. The van der Waals surface area contributed by atoms with E-state index in [-0.39, 0.29) is 0 Å². The van der Waals surface area contributed by atoms with Crippen molar-refractivity contribution < 1.29 is 4.42 Å². The lowest BCUT2D eigenvalue weighted by atomic mass is 10.1. The summed E-state index contributed by atoms with van der Waals surface area (Å²) in [5.74, 6) is 0.607. The summed E-state index contributed by atoms with van der Waals surface area (Å²) in [4.78, 5) is 4.50. The quantitative estimate of drug-likeness (QED) is 0.702. The van der Waals surface area contributed by atoms with E-state index in [2.05, 4.69) is 24.0 Å². The van der Waals surface area contributed by atoms with Crippen LogP contribution < -0.4 is 5.73 Å². The minimum absolute atomic E-state index is 0.607. The molecule has 3 aromatic rings. The van der Waals surface area contributed by atoms with Crippen molar-refractivity contribution in [2.24, 2.45) is 0 Å². The first-order chi connectivity index (χ1) is 9.22. The SMILES string of the molecule is Cc1ccc(-c2coc(-c3ccc(N)cc3)n2)cc1. The minimum atomic E-state index is 0.607. The van der Waals surface area contributed by atoms with Crippen molar-refractivity contribution in [1.29, 1.82) is 0 Å². The molecule has 0 aliphatic carbocycles. The first-order valence-electron chi connectivity index (χ1n) is 6.11.